The highest BCUT2D eigenvalue weighted by Crippen LogP contribution is 2.36. The molecule has 0 aromatic carbocycles. The van der Waals surface area contributed by atoms with Crippen LogP contribution in [-0.2, 0) is 16.0 Å². The molecule has 3 atom stereocenters. The third-order valence-corrected chi connectivity index (χ3v) is 5.20. The first kappa shape index (κ1) is 18.5. The van der Waals surface area contributed by atoms with Crippen LogP contribution in [0.15, 0.2) is 20.5 Å². The first-order valence-electron chi connectivity index (χ1n) is 8.79. The van der Waals surface area contributed by atoms with Crippen LogP contribution in [0.2, 0.25) is 0 Å². The zero-order chi connectivity index (χ0) is 18.2. The maximum absolute atomic E-state index is 12.5. The molecule has 24 heavy (non-hydrogen) atoms. The van der Waals surface area contributed by atoms with Crippen LogP contribution in [0.3, 0.4) is 0 Å². The molecule has 4 heteroatoms. The fourth-order valence-electron chi connectivity index (χ4n) is 3.52. The Kier molecular flexibility index (Phi) is 5.36. The van der Waals surface area contributed by atoms with E-state index in [2.05, 4.69) is 0 Å². The van der Waals surface area contributed by atoms with Gasteiger partial charge in [0, 0.05) is 23.1 Å². The lowest BCUT2D eigenvalue weighted by Crippen LogP contribution is -2.35. The number of allylic oxidation sites excluding steroid dienone is 2. The molecule has 1 aromatic rings. The predicted molar refractivity (Wildman–Crippen MR) is 94.3 cm³/mol. The van der Waals surface area contributed by atoms with Gasteiger partial charge in [-0.15, -0.1) is 0 Å². The predicted octanol–water partition coefficient (Wildman–Crippen LogP) is 4.21. The van der Waals surface area contributed by atoms with Gasteiger partial charge in [-0.25, -0.2) is 0 Å². The van der Waals surface area contributed by atoms with Crippen LogP contribution in [0, 0.1) is 19.8 Å². The second-order valence-corrected chi connectivity index (χ2v) is 6.75. The van der Waals surface area contributed by atoms with Crippen molar-refractivity contribution in [1.82, 2.24) is 0 Å². The molecule has 1 aromatic heterocycles. The lowest BCUT2D eigenvalue weighted by atomic mass is 9.86. The third kappa shape index (κ3) is 2.94. The quantitative estimate of drug-likeness (QED) is 0.829. The van der Waals surface area contributed by atoms with Crippen molar-refractivity contribution in [3.8, 4) is 0 Å². The molecule has 0 unspecified atom stereocenters. The van der Waals surface area contributed by atoms with Crippen LogP contribution in [0.5, 0.6) is 0 Å². The molecule has 0 bridgehead atoms. The number of carbonyl (C=O) groups excluding carboxylic acids is 1. The van der Waals surface area contributed by atoms with Crippen molar-refractivity contribution in [1.29, 1.82) is 0 Å². The summed E-state index contributed by atoms with van der Waals surface area (Å²) in [6, 6.07) is 0. The van der Waals surface area contributed by atoms with E-state index in [1.807, 2.05) is 27.7 Å². The van der Waals surface area contributed by atoms with Gasteiger partial charge < -0.3 is 9.15 Å². The van der Waals surface area contributed by atoms with E-state index in [0.717, 1.165) is 6.42 Å². The van der Waals surface area contributed by atoms with E-state index in [4.69, 9.17) is 9.15 Å². The summed E-state index contributed by atoms with van der Waals surface area (Å²) in [6.45, 7) is 13.2. The first-order valence-corrected chi connectivity index (χ1v) is 8.79. The Hall–Kier alpha value is -1.84. The molecule has 1 aliphatic rings. The van der Waals surface area contributed by atoms with Gasteiger partial charge in [0.15, 0.2) is 11.2 Å². The van der Waals surface area contributed by atoms with Gasteiger partial charge >= 0.3 is 0 Å². The Morgan fingerprint density at radius 1 is 1.08 bits per heavy atom. The molecule has 0 spiro atoms. The molecule has 0 fully saturated rings. The van der Waals surface area contributed by atoms with Crippen molar-refractivity contribution >= 4 is 5.78 Å². The van der Waals surface area contributed by atoms with Crippen LogP contribution < -0.4 is 5.43 Å². The van der Waals surface area contributed by atoms with E-state index in [0.29, 0.717) is 40.4 Å². The Morgan fingerprint density at radius 2 is 1.71 bits per heavy atom. The largest absolute Gasteiger partial charge is 0.493 e. The number of ketones is 1. The molecule has 0 saturated heterocycles. The van der Waals surface area contributed by atoms with Crippen LogP contribution in [-0.4, -0.2) is 11.9 Å². The van der Waals surface area contributed by atoms with Gasteiger partial charge in [-0.3, -0.25) is 9.59 Å². The molecule has 4 nitrogen and oxygen atoms in total. The highest BCUT2D eigenvalue weighted by atomic mass is 16.5. The second-order valence-electron chi connectivity index (χ2n) is 6.75. The van der Waals surface area contributed by atoms with Gasteiger partial charge in [0.1, 0.15) is 23.4 Å². The van der Waals surface area contributed by atoms with E-state index in [9.17, 15) is 9.59 Å². The molecule has 0 saturated carbocycles. The van der Waals surface area contributed by atoms with Crippen LogP contribution in [0.4, 0.5) is 0 Å². The van der Waals surface area contributed by atoms with E-state index < -0.39 is 0 Å². The lowest BCUT2D eigenvalue weighted by molar-refractivity contribution is -0.125. The zero-order valence-corrected chi connectivity index (χ0v) is 15.8. The Bertz CT molecular complexity index is 739. The molecule has 2 rings (SSSR count). The maximum atomic E-state index is 12.5. The molecule has 0 N–H and O–H groups in total. The summed E-state index contributed by atoms with van der Waals surface area (Å²) in [5.74, 6) is 1.68. The minimum atomic E-state index is -0.255. The number of ether oxygens (including phenoxy) is 1. The first-order chi connectivity index (χ1) is 11.2. The van der Waals surface area contributed by atoms with Crippen molar-refractivity contribution in [3.05, 3.63) is 44.2 Å². The summed E-state index contributed by atoms with van der Waals surface area (Å²) in [7, 11) is 0. The Morgan fingerprint density at radius 3 is 2.25 bits per heavy atom. The third-order valence-electron chi connectivity index (χ3n) is 5.20. The van der Waals surface area contributed by atoms with Crippen molar-refractivity contribution in [3.63, 3.8) is 0 Å². The number of carbonyl (C=O) groups is 1. The number of Topliss-reactive ketones (excluding diaryl/α,β-unsaturated/α-hetero) is 1. The van der Waals surface area contributed by atoms with E-state index in [-0.39, 0.29) is 29.2 Å². The Balaban J connectivity index is 2.56. The summed E-state index contributed by atoms with van der Waals surface area (Å²) in [5.41, 5.74) is 1.92. The lowest BCUT2D eigenvalue weighted by Gasteiger charge is -2.33. The average molecular weight is 332 g/mol. The van der Waals surface area contributed by atoms with Crippen LogP contribution in [0.1, 0.15) is 69.6 Å². The van der Waals surface area contributed by atoms with Crippen molar-refractivity contribution in [2.45, 2.75) is 73.3 Å². The number of aryl methyl sites for hydroxylation is 1. The van der Waals surface area contributed by atoms with Crippen LogP contribution in [0.25, 0.3) is 0 Å². The summed E-state index contributed by atoms with van der Waals surface area (Å²) in [4.78, 5) is 25.0. The fraction of sp³-hybridized carbons (Fsp3) is 0.600. The molecule has 2 heterocycles. The van der Waals surface area contributed by atoms with Gasteiger partial charge in [0.2, 0.25) is 0 Å². The minimum absolute atomic E-state index is 0.0146. The summed E-state index contributed by atoms with van der Waals surface area (Å²) in [5, 5.41) is 0. The SMILES string of the molecule is CCc1oc([C@H](C)C2=C(C)C(=O)[C@@H](C)[C@H](CC)O2)c(C)c(=O)c1C. The Labute approximate surface area is 143 Å². The van der Waals surface area contributed by atoms with Gasteiger partial charge in [0.05, 0.1) is 11.8 Å². The second kappa shape index (κ2) is 6.96. The van der Waals surface area contributed by atoms with E-state index in [1.54, 1.807) is 20.8 Å². The zero-order valence-electron chi connectivity index (χ0n) is 15.8. The molecular formula is C20H28O4. The normalized spacial score (nSPS) is 22.5. The van der Waals surface area contributed by atoms with Gasteiger partial charge in [-0.05, 0) is 34.1 Å². The van der Waals surface area contributed by atoms with Gasteiger partial charge in [-0.2, -0.15) is 0 Å². The smallest absolute Gasteiger partial charge is 0.191 e. The van der Waals surface area contributed by atoms with E-state index in [1.165, 1.54) is 0 Å². The van der Waals surface area contributed by atoms with Crippen molar-refractivity contribution in [2.24, 2.45) is 5.92 Å². The summed E-state index contributed by atoms with van der Waals surface area (Å²) >= 11 is 0. The van der Waals surface area contributed by atoms with Crippen LogP contribution >= 0.6 is 0 Å². The molecule has 1 aliphatic heterocycles. The number of rotatable bonds is 4. The molecule has 0 radical (unpaired) electrons. The summed E-state index contributed by atoms with van der Waals surface area (Å²) < 4.78 is 12.2. The van der Waals surface area contributed by atoms with Crippen molar-refractivity contribution < 1.29 is 13.9 Å². The number of hydrogen-bond acceptors (Lipinski definition) is 4. The highest BCUT2D eigenvalue weighted by Gasteiger charge is 2.36. The molecule has 0 amide bonds. The number of hydrogen-bond donors (Lipinski definition) is 0. The summed E-state index contributed by atoms with van der Waals surface area (Å²) in [6.07, 6.45) is 1.31. The van der Waals surface area contributed by atoms with Crippen molar-refractivity contribution in [2.75, 3.05) is 0 Å². The minimum Gasteiger partial charge on any atom is -0.493 e. The molecular weight excluding hydrogens is 304 g/mol. The maximum Gasteiger partial charge on any atom is 0.191 e. The standard InChI is InChI=1S/C20H28O4/c1-8-15-10(3)17(21)12(5)19(23-15)14(7)20-13(6)18(22)11(4)16(9-2)24-20/h10,14-15H,8-9H2,1-7H3/t10-,14+,15-/m0/s1. The highest BCUT2D eigenvalue weighted by molar-refractivity contribution is 5.98. The molecule has 132 valence electrons. The van der Waals surface area contributed by atoms with Gasteiger partial charge in [-0.1, -0.05) is 20.8 Å². The fourth-order valence-corrected chi connectivity index (χ4v) is 3.52. The monoisotopic (exact) mass is 332 g/mol. The molecule has 0 aliphatic carbocycles. The van der Waals surface area contributed by atoms with E-state index >= 15 is 0 Å². The van der Waals surface area contributed by atoms with Gasteiger partial charge in [0.25, 0.3) is 0 Å². The average Bonchev–Trinajstić information content (AvgIpc) is 2.58. The topological polar surface area (TPSA) is 56.5 Å².